The molecule has 0 unspecified atom stereocenters. The lowest BCUT2D eigenvalue weighted by atomic mass is 9.83. The first kappa shape index (κ1) is 6.81. The molecule has 1 fully saturated rings. The molecular weight excluding hydrogens is 148 g/mol. The van der Waals surface area contributed by atoms with E-state index in [1.807, 2.05) is 0 Å². The second kappa shape index (κ2) is 1.81. The molecule has 2 heteroatoms. The Morgan fingerprint density at radius 3 is 2.75 bits per heavy atom. The summed E-state index contributed by atoms with van der Waals surface area (Å²) in [4.78, 5) is 0. The number of rotatable bonds is 0. The number of allylic oxidation sites excluding steroid dienone is 1. The van der Waals surface area contributed by atoms with Crippen LogP contribution in [-0.4, -0.2) is 12.1 Å². The summed E-state index contributed by atoms with van der Waals surface area (Å²) < 4.78 is 0. The van der Waals surface area contributed by atoms with Crippen molar-refractivity contribution in [1.29, 1.82) is 0 Å². The molecule has 2 aliphatic carbocycles. The number of hydrogen-bond donors (Lipinski definition) is 0. The Bertz CT molecular complexity index is 278. The molecule has 0 spiro atoms. The summed E-state index contributed by atoms with van der Waals surface area (Å²) in [5.74, 6) is 1.49. The van der Waals surface area contributed by atoms with E-state index in [1.54, 1.807) is 0 Å². The van der Waals surface area contributed by atoms with E-state index in [-0.39, 0.29) is 0 Å². The van der Waals surface area contributed by atoms with Crippen LogP contribution in [0.25, 0.3) is 0 Å². The van der Waals surface area contributed by atoms with Crippen LogP contribution in [0.4, 0.5) is 0 Å². The number of azo groups is 1. The van der Waals surface area contributed by atoms with Crippen LogP contribution in [0, 0.1) is 17.3 Å². The van der Waals surface area contributed by atoms with Crippen LogP contribution in [0.2, 0.25) is 0 Å². The van der Waals surface area contributed by atoms with E-state index in [0.717, 1.165) is 5.92 Å². The molecule has 0 N–H and O–H groups in total. The van der Waals surface area contributed by atoms with Crippen molar-refractivity contribution in [2.75, 3.05) is 0 Å². The normalized spacial score (nSPS) is 51.8. The first-order valence-electron chi connectivity index (χ1n) is 4.78. The molecule has 2 bridgehead atoms. The maximum atomic E-state index is 4.38. The number of fused-ring (bicyclic) bond motifs is 5. The zero-order valence-electron chi connectivity index (χ0n) is 7.57. The maximum Gasteiger partial charge on any atom is 0.0846 e. The number of nitrogens with zero attached hydrogens (tertiary/aromatic N) is 2. The van der Waals surface area contributed by atoms with Crippen LogP contribution < -0.4 is 0 Å². The smallest absolute Gasteiger partial charge is 0.0846 e. The molecule has 0 aromatic carbocycles. The fourth-order valence-electron chi connectivity index (χ4n) is 3.20. The van der Waals surface area contributed by atoms with Crippen molar-refractivity contribution >= 4 is 0 Å². The van der Waals surface area contributed by atoms with Gasteiger partial charge in [-0.25, -0.2) is 0 Å². The highest BCUT2D eigenvalue weighted by atomic mass is 15.2. The standard InChI is InChI=1S/C10H14N2/c1-10(2)8-6-4-3-5-7(6)9(10)12-11-8/h3-4,6-9H,5H2,1-2H3/t6-,7+,8+,9-/m1/s1. The van der Waals surface area contributed by atoms with Crippen molar-refractivity contribution in [3.05, 3.63) is 12.2 Å². The zero-order valence-corrected chi connectivity index (χ0v) is 7.57. The lowest BCUT2D eigenvalue weighted by Crippen LogP contribution is -2.27. The predicted octanol–water partition coefficient (Wildman–Crippen LogP) is 2.42. The Kier molecular flexibility index (Phi) is 1.03. The van der Waals surface area contributed by atoms with Crippen molar-refractivity contribution < 1.29 is 0 Å². The number of hydrogen-bond acceptors (Lipinski definition) is 2. The Hall–Kier alpha value is -0.660. The second-order valence-electron chi connectivity index (χ2n) is 4.85. The summed E-state index contributed by atoms with van der Waals surface area (Å²) >= 11 is 0. The predicted molar refractivity (Wildman–Crippen MR) is 47.0 cm³/mol. The summed E-state index contributed by atoms with van der Waals surface area (Å²) in [7, 11) is 0. The third-order valence-electron chi connectivity index (χ3n) is 3.87. The van der Waals surface area contributed by atoms with Gasteiger partial charge in [-0.15, -0.1) is 0 Å². The minimum absolute atomic E-state index is 0.333. The topological polar surface area (TPSA) is 24.7 Å². The zero-order chi connectivity index (χ0) is 8.34. The van der Waals surface area contributed by atoms with Crippen molar-refractivity contribution in [3.8, 4) is 0 Å². The SMILES string of the molecule is CC1(C)[C@@H]2N=N[C@H]1[C@@H]1C=CC[C@@H]12. The largest absolute Gasteiger partial charge is 0.190 e. The van der Waals surface area contributed by atoms with Crippen LogP contribution in [0.15, 0.2) is 22.4 Å². The van der Waals surface area contributed by atoms with Gasteiger partial charge >= 0.3 is 0 Å². The molecule has 1 heterocycles. The fourth-order valence-corrected chi connectivity index (χ4v) is 3.20. The molecule has 1 aliphatic heterocycles. The van der Waals surface area contributed by atoms with Gasteiger partial charge in [0.2, 0.25) is 0 Å². The Morgan fingerprint density at radius 2 is 2.00 bits per heavy atom. The molecule has 4 atom stereocenters. The Morgan fingerprint density at radius 1 is 1.25 bits per heavy atom. The van der Waals surface area contributed by atoms with E-state index in [0.29, 0.717) is 23.4 Å². The Labute approximate surface area is 72.8 Å². The third kappa shape index (κ3) is 0.551. The highest BCUT2D eigenvalue weighted by molar-refractivity contribution is 5.21. The van der Waals surface area contributed by atoms with Crippen molar-refractivity contribution in [1.82, 2.24) is 0 Å². The second-order valence-corrected chi connectivity index (χ2v) is 4.85. The lowest BCUT2D eigenvalue weighted by Gasteiger charge is -2.21. The van der Waals surface area contributed by atoms with Gasteiger partial charge in [-0.2, -0.15) is 10.2 Å². The van der Waals surface area contributed by atoms with E-state index in [9.17, 15) is 0 Å². The van der Waals surface area contributed by atoms with Crippen molar-refractivity contribution in [3.63, 3.8) is 0 Å². The summed E-state index contributed by atoms with van der Waals surface area (Å²) in [5.41, 5.74) is 0.333. The summed E-state index contributed by atoms with van der Waals surface area (Å²) in [5, 5.41) is 8.76. The maximum absolute atomic E-state index is 4.38. The van der Waals surface area contributed by atoms with Gasteiger partial charge in [-0.1, -0.05) is 26.0 Å². The van der Waals surface area contributed by atoms with Gasteiger partial charge < -0.3 is 0 Å². The average molecular weight is 162 g/mol. The summed E-state index contributed by atoms with van der Waals surface area (Å²) in [6.07, 6.45) is 5.89. The van der Waals surface area contributed by atoms with Gasteiger partial charge in [0.05, 0.1) is 12.1 Å². The monoisotopic (exact) mass is 162 g/mol. The molecule has 0 aromatic heterocycles. The van der Waals surface area contributed by atoms with Crippen LogP contribution in [0.5, 0.6) is 0 Å². The molecule has 3 aliphatic rings. The molecule has 0 amide bonds. The first-order chi connectivity index (χ1) is 5.71. The van der Waals surface area contributed by atoms with Gasteiger partial charge in [0.1, 0.15) is 0 Å². The van der Waals surface area contributed by atoms with E-state index in [2.05, 4.69) is 36.2 Å². The third-order valence-corrected chi connectivity index (χ3v) is 3.87. The van der Waals surface area contributed by atoms with E-state index in [1.165, 1.54) is 6.42 Å². The summed E-state index contributed by atoms with van der Waals surface area (Å²) in [6, 6.07) is 0.980. The highest BCUT2D eigenvalue weighted by Crippen LogP contribution is 2.56. The molecule has 0 aromatic rings. The van der Waals surface area contributed by atoms with Gasteiger partial charge in [0.25, 0.3) is 0 Å². The van der Waals surface area contributed by atoms with E-state index in [4.69, 9.17) is 0 Å². The van der Waals surface area contributed by atoms with Crippen molar-refractivity contribution in [2.24, 2.45) is 27.5 Å². The van der Waals surface area contributed by atoms with Gasteiger partial charge in [-0.3, -0.25) is 0 Å². The molecular formula is C10H14N2. The van der Waals surface area contributed by atoms with Crippen LogP contribution in [0.3, 0.4) is 0 Å². The van der Waals surface area contributed by atoms with Gasteiger partial charge in [-0.05, 0) is 12.3 Å². The molecule has 64 valence electrons. The molecule has 3 rings (SSSR count). The van der Waals surface area contributed by atoms with Crippen LogP contribution in [-0.2, 0) is 0 Å². The lowest BCUT2D eigenvalue weighted by molar-refractivity contribution is 0.319. The van der Waals surface area contributed by atoms with Crippen LogP contribution >= 0.6 is 0 Å². The summed E-state index contributed by atoms with van der Waals surface area (Å²) in [6.45, 7) is 4.63. The first-order valence-corrected chi connectivity index (χ1v) is 4.78. The molecule has 12 heavy (non-hydrogen) atoms. The highest BCUT2D eigenvalue weighted by Gasteiger charge is 2.59. The minimum atomic E-state index is 0.333. The van der Waals surface area contributed by atoms with Crippen LogP contribution in [0.1, 0.15) is 20.3 Å². The average Bonchev–Trinajstić information content (AvgIpc) is 2.60. The van der Waals surface area contributed by atoms with Gasteiger partial charge in [0, 0.05) is 11.3 Å². The molecule has 2 nitrogen and oxygen atoms in total. The van der Waals surface area contributed by atoms with Gasteiger partial charge in [0.15, 0.2) is 0 Å². The Balaban J connectivity index is 2.08. The van der Waals surface area contributed by atoms with E-state index >= 15 is 0 Å². The molecule has 0 saturated heterocycles. The molecule has 1 saturated carbocycles. The van der Waals surface area contributed by atoms with E-state index < -0.39 is 0 Å². The fraction of sp³-hybridized carbons (Fsp3) is 0.800. The molecule has 0 radical (unpaired) electrons. The quantitative estimate of drug-likeness (QED) is 0.489. The minimum Gasteiger partial charge on any atom is -0.190 e. The van der Waals surface area contributed by atoms with Crippen molar-refractivity contribution in [2.45, 2.75) is 32.4 Å².